The van der Waals surface area contributed by atoms with Gasteiger partial charge in [0.1, 0.15) is 0 Å². The second-order valence-electron chi connectivity index (χ2n) is 5.29. The maximum Gasteiger partial charge on any atom is 0.227 e. The van der Waals surface area contributed by atoms with Crippen molar-refractivity contribution in [3.63, 3.8) is 0 Å². The predicted octanol–water partition coefficient (Wildman–Crippen LogP) is 2.46. The minimum Gasteiger partial charge on any atom is -0.311 e. The lowest BCUT2D eigenvalue weighted by Crippen LogP contribution is -2.27. The minimum absolute atomic E-state index is 0.0675. The first kappa shape index (κ1) is 15.3. The molecule has 1 aliphatic rings. The van der Waals surface area contributed by atoms with Gasteiger partial charge in [0.25, 0.3) is 0 Å². The summed E-state index contributed by atoms with van der Waals surface area (Å²) in [6.07, 6.45) is 0.375. The zero-order chi connectivity index (χ0) is 14.9. The molecule has 4 nitrogen and oxygen atoms in total. The van der Waals surface area contributed by atoms with E-state index >= 15 is 0 Å². The van der Waals surface area contributed by atoms with E-state index < -0.39 is 15.1 Å². The van der Waals surface area contributed by atoms with E-state index in [0.29, 0.717) is 24.5 Å². The SMILES string of the molecule is CC(C)S(=O)(=O)c1ccccc1N1CC(CCl)CC1=O. The van der Waals surface area contributed by atoms with Gasteiger partial charge >= 0.3 is 0 Å². The molecule has 1 aromatic rings. The molecule has 20 heavy (non-hydrogen) atoms. The Kier molecular flexibility index (Phi) is 4.39. The summed E-state index contributed by atoms with van der Waals surface area (Å²) in [5, 5.41) is -0.523. The van der Waals surface area contributed by atoms with Crippen LogP contribution in [0.2, 0.25) is 0 Å². The van der Waals surface area contributed by atoms with Gasteiger partial charge in [-0.2, -0.15) is 0 Å². The molecule has 1 aromatic carbocycles. The summed E-state index contributed by atoms with van der Waals surface area (Å²) in [4.78, 5) is 13.8. The Balaban J connectivity index is 2.47. The topological polar surface area (TPSA) is 54.5 Å². The van der Waals surface area contributed by atoms with E-state index in [0.717, 1.165) is 0 Å². The first-order valence-electron chi connectivity index (χ1n) is 6.57. The normalized spacial score (nSPS) is 19.9. The highest BCUT2D eigenvalue weighted by molar-refractivity contribution is 7.92. The Morgan fingerprint density at radius 2 is 2.00 bits per heavy atom. The van der Waals surface area contributed by atoms with Crippen LogP contribution >= 0.6 is 11.6 Å². The van der Waals surface area contributed by atoms with Crippen LogP contribution in [0.25, 0.3) is 0 Å². The fourth-order valence-corrected chi connectivity index (χ4v) is 3.74. The van der Waals surface area contributed by atoms with Gasteiger partial charge < -0.3 is 4.90 Å². The summed E-state index contributed by atoms with van der Waals surface area (Å²) in [5.41, 5.74) is 0.471. The van der Waals surface area contributed by atoms with Crippen molar-refractivity contribution in [2.45, 2.75) is 30.4 Å². The highest BCUT2D eigenvalue weighted by Crippen LogP contribution is 2.32. The lowest BCUT2D eigenvalue weighted by molar-refractivity contribution is -0.117. The molecule has 1 heterocycles. The largest absolute Gasteiger partial charge is 0.311 e. The number of nitrogens with zero attached hydrogens (tertiary/aromatic N) is 1. The number of alkyl halides is 1. The van der Waals surface area contributed by atoms with E-state index in [1.54, 1.807) is 43.0 Å². The Labute approximate surface area is 124 Å². The van der Waals surface area contributed by atoms with Gasteiger partial charge in [-0.3, -0.25) is 4.79 Å². The first-order valence-corrected chi connectivity index (χ1v) is 8.65. The van der Waals surface area contributed by atoms with Gasteiger partial charge in [-0.15, -0.1) is 11.6 Å². The molecule has 1 unspecified atom stereocenters. The van der Waals surface area contributed by atoms with Crippen LogP contribution in [0.1, 0.15) is 20.3 Å². The van der Waals surface area contributed by atoms with Gasteiger partial charge in [0.15, 0.2) is 9.84 Å². The molecule has 0 spiro atoms. The van der Waals surface area contributed by atoms with Gasteiger partial charge in [0, 0.05) is 18.8 Å². The summed E-state index contributed by atoms with van der Waals surface area (Å²) in [6, 6.07) is 6.67. The number of hydrogen-bond acceptors (Lipinski definition) is 3. The maximum atomic E-state index is 12.4. The number of hydrogen-bond donors (Lipinski definition) is 0. The van der Waals surface area contributed by atoms with Gasteiger partial charge in [-0.25, -0.2) is 8.42 Å². The highest BCUT2D eigenvalue weighted by atomic mass is 35.5. The molecule has 0 aliphatic carbocycles. The molecular formula is C14H18ClNO3S. The fraction of sp³-hybridized carbons (Fsp3) is 0.500. The number of anilines is 1. The molecule has 0 N–H and O–H groups in total. The minimum atomic E-state index is -3.42. The van der Waals surface area contributed by atoms with Crippen LogP contribution in [0, 0.1) is 5.92 Å². The van der Waals surface area contributed by atoms with Crippen molar-refractivity contribution in [2.75, 3.05) is 17.3 Å². The number of amides is 1. The molecule has 1 aliphatic heterocycles. The third-order valence-corrected chi connectivity index (χ3v) is 6.14. The van der Waals surface area contributed by atoms with Crippen molar-refractivity contribution in [2.24, 2.45) is 5.92 Å². The molecule has 0 aromatic heterocycles. The molecule has 110 valence electrons. The number of rotatable bonds is 4. The summed E-state index contributed by atoms with van der Waals surface area (Å²) < 4.78 is 24.8. The van der Waals surface area contributed by atoms with Crippen LogP contribution in [0.3, 0.4) is 0 Å². The molecule has 1 fully saturated rings. The Hall–Kier alpha value is -1.07. The van der Waals surface area contributed by atoms with E-state index in [1.807, 2.05) is 0 Å². The third-order valence-electron chi connectivity index (χ3n) is 3.51. The number of para-hydroxylation sites is 1. The van der Waals surface area contributed by atoms with Crippen molar-refractivity contribution in [1.82, 2.24) is 0 Å². The molecule has 1 saturated heterocycles. The van der Waals surface area contributed by atoms with Crippen molar-refractivity contribution < 1.29 is 13.2 Å². The van der Waals surface area contributed by atoms with Crippen LogP contribution in [0.4, 0.5) is 5.69 Å². The number of carbonyl (C=O) groups is 1. The van der Waals surface area contributed by atoms with Gasteiger partial charge in [0.05, 0.1) is 15.8 Å². The van der Waals surface area contributed by atoms with Gasteiger partial charge in [0.2, 0.25) is 5.91 Å². The summed E-state index contributed by atoms with van der Waals surface area (Å²) in [7, 11) is -3.42. The Morgan fingerprint density at radius 1 is 1.35 bits per heavy atom. The van der Waals surface area contributed by atoms with Crippen LogP contribution < -0.4 is 4.90 Å². The van der Waals surface area contributed by atoms with Crippen molar-refractivity contribution in [3.05, 3.63) is 24.3 Å². The standard InChI is InChI=1S/C14H18ClNO3S/c1-10(2)20(18,19)13-6-4-3-5-12(13)16-9-11(8-15)7-14(16)17/h3-6,10-11H,7-9H2,1-2H3. The van der Waals surface area contributed by atoms with Crippen LogP contribution in [0.15, 0.2) is 29.2 Å². The summed E-state index contributed by atoms with van der Waals surface area (Å²) in [5.74, 6) is 0.419. The Bertz CT molecular complexity index is 613. The molecule has 1 amide bonds. The number of carbonyl (C=O) groups excluding carboxylic acids is 1. The highest BCUT2D eigenvalue weighted by Gasteiger charge is 2.33. The average Bonchev–Trinajstić information content (AvgIpc) is 2.79. The second-order valence-corrected chi connectivity index (χ2v) is 8.07. The van der Waals surface area contributed by atoms with Crippen molar-refractivity contribution >= 4 is 33.0 Å². The maximum absolute atomic E-state index is 12.4. The smallest absolute Gasteiger partial charge is 0.227 e. The van der Waals surface area contributed by atoms with Crippen LogP contribution in [-0.2, 0) is 14.6 Å². The molecular weight excluding hydrogens is 298 g/mol. The second kappa shape index (κ2) is 5.74. The van der Waals surface area contributed by atoms with E-state index in [-0.39, 0.29) is 16.7 Å². The molecule has 6 heteroatoms. The fourth-order valence-electron chi connectivity index (χ4n) is 2.29. The predicted molar refractivity (Wildman–Crippen MR) is 79.9 cm³/mol. The zero-order valence-electron chi connectivity index (χ0n) is 11.5. The summed E-state index contributed by atoms with van der Waals surface area (Å²) >= 11 is 5.81. The number of sulfone groups is 1. The average molecular weight is 316 g/mol. The third kappa shape index (κ3) is 2.69. The molecule has 0 radical (unpaired) electrons. The van der Waals surface area contributed by atoms with Crippen LogP contribution in [-0.4, -0.2) is 32.0 Å². The summed E-state index contributed by atoms with van der Waals surface area (Å²) in [6.45, 7) is 3.76. The Morgan fingerprint density at radius 3 is 2.55 bits per heavy atom. The molecule has 1 atom stereocenters. The number of benzene rings is 1. The first-order chi connectivity index (χ1) is 9.37. The van der Waals surface area contributed by atoms with E-state index in [1.165, 1.54) is 0 Å². The zero-order valence-corrected chi connectivity index (χ0v) is 13.1. The lowest BCUT2D eigenvalue weighted by atomic mass is 10.1. The van der Waals surface area contributed by atoms with E-state index in [4.69, 9.17) is 11.6 Å². The molecule has 0 saturated carbocycles. The number of halogens is 1. The lowest BCUT2D eigenvalue weighted by Gasteiger charge is -2.21. The van der Waals surface area contributed by atoms with E-state index in [2.05, 4.69) is 0 Å². The van der Waals surface area contributed by atoms with Gasteiger partial charge in [-0.1, -0.05) is 12.1 Å². The molecule has 0 bridgehead atoms. The van der Waals surface area contributed by atoms with Crippen LogP contribution in [0.5, 0.6) is 0 Å². The quantitative estimate of drug-likeness (QED) is 0.802. The van der Waals surface area contributed by atoms with Crippen molar-refractivity contribution in [3.8, 4) is 0 Å². The van der Waals surface area contributed by atoms with E-state index in [9.17, 15) is 13.2 Å². The molecule has 2 rings (SSSR count). The van der Waals surface area contributed by atoms with Gasteiger partial charge in [-0.05, 0) is 31.9 Å². The van der Waals surface area contributed by atoms with Crippen molar-refractivity contribution in [1.29, 1.82) is 0 Å². The monoisotopic (exact) mass is 315 g/mol.